The predicted octanol–water partition coefficient (Wildman–Crippen LogP) is -0.425. The lowest BCUT2D eigenvalue weighted by Crippen LogP contribution is -2.61. The van der Waals surface area contributed by atoms with Crippen LogP contribution in [0.15, 0.2) is 5.10 Å². The molecule has 0 fully saturated rings. The highest BCUT2D eigenvalue weighted by Crippen LogP contribution is 2.39. The topological polar surface area (TPSA) is 88.0 Å². The first-order chi connectivity index (χ1) is 7.66. The van der Waals surface area contributed by atoms with E-state index in [0.717, 1.165) is 6.92 Å². The Labute approximate surface area is 93.4 Å². The van der Waals surface area contributed by atoms with Crippen LogP contribution >= 0.6 is 0 Å². The number of amides is 1. The molecule has 1 aliphatic rings. The highest BCUT2D eigenvalue weighted by molar-refractivity contribution is 6.11. The Bertz CT molecular complexity index is 393. The third-order valence-corrected chi connectivity index (χ3v) is 2.37. The standard InChI is InChI=1S/C8H9F3N2O4/c1-3-4(5(14)13-12-3)7(16,6(15)17-2)8(9,10)11/h4,16H,1-2H3,(H,13,14)/t4-,7+/m0/s1. The molecule has 0 unspecified atom stereocenters. The largest absolute Gasteiger partial charge is 0.467 e. The van der Waals surface area contributed by atoms with Crippen LogP contribution in [0.1, 0.15) is 6.92 Å². The summed E-state index contributed by atoms with van der Waals surface area (Å²) in [5.41, 5.74) is -2.52. The van der Waals surface area contributed by atoms with E-state index in [-0.39, 0.29) is 5.71 Å². The first-order valence-corrected chi connectivity index (χ1v) is 4.37. The monoisotopic (exact) mass is 254 g/mol. The number of aliphatic hydroxyl groups is 1. The van der Waals surface area contributed by atoms with Gasteiger partial charge < -0.3 is 9.84 Å². The number of ether oxygens (including phenoxy) is 1. The van der Waals surface area contributed by atoms with Crippen LogP contribution in [0.25, 0.3) is 0 Å². The molecule has 0 saturated carbocycles. The number of carbonyl (C=O) groups is 2. The van der Waals surface area contributed by atoms with Gasteiger partial charge in [0.1, 0.15) is 5.92 Å². The van der Waals surface area contributed by atoms with E-state index < -0.39 is 29.6 Å². The van der Waals surface area contributed by atoms with Crippen molar-refractivity contribution < 1.29 is 32.6 Å². The third-order valence-electron chi connectivity index (χ3n) is 2.37. The molecule has 0 radical (unpaired) electrons. The van der Waals surface area contributed by atoms with Crippen LogP contribution in [-0.2, 0) is 14.3 Å². The van der Waals surface area contributed by atoms with Crippen LogP contribution in [0.3, 0.4) is 0 Å². The van der Waals surface area contributed by atoms with Gasteiger partial charge in [0.05, 0.1) is 12.8 Å². The summed E-state index contributed by atoms with van der Waals surface area (Å²) < 4.78 is 42.2. The summed E-state index contributed by atoms with van der Waals surface area (Å²) in [5.74, 6) is -5.32. The molecule has 1 heterocycles. The van der Waals surface area contributed by atoms with Gasteiger partial charge in [0, 0.05) is 0 Å². The zero-order valence-corrected chi connectivity index (χ0v) is 8.83. The zero-order valence-electron chi connectivity index (χ0n) is 8.83. The van der Waals surface area contributed by atoms with E-state index in [4.69, 9.17) is 0 Å². The van der Waals surface area contributed by atoms with Crippen molar-refractivity contribution in [2.75, 3.05) is 7.11 Å². The minimum Gasteiger partial charge on any atom is -0.467 e. The second kappa shape index (κ2) is 3.99. The van der Waals surface area contributed by atoms with Gasteiger partial charge in [0.2, 0.25) is 0 Å². The molecule has 2 N–H and O–H groups in total. The number of alkyl halides is 3. The third kappa shape index (κ3) is 1.86. The molecule has 1 rings (SSSR count). The Balaban J connectivity index is 3.30. The average molecular weight is 254 g/mol. The van der Waals surface area contributed by atoms with Crippen molar-refractivity contribution in [3.05, 3.63) is 0 Å². The van der Waals surface area contributed by atoms with Crippen LogP contribution < -0.4 is 5.43 Å². The van der Waals surface area contributed by atoms with Crippen LogP contribution in [0.5, 0.6) is 0 Å². The van der Waals surface area contributed by atoms with E-state index in [9.17, 15) is 27.9 Å². The van der Waals surface area contributed by atoms with E-state index in [1.54, 1.807) is 5.43 Å². The van der Waals surface area contributed by atoms with Crippen molar-refractivity contribution in [1.82, 2.24) is 5.43 Å². The summed E-state index contributed by atoms with van der Waals surface area (Å²) in [5, 5.41) is 12.8. The van der Waals surface area contributed by atoms with E-state index >= 15 is 0 Å². The number of nitrogens with one attached hydrogen (secondary N) is 1. The van der Waals surface area contributed by atoms with Gasteiger partial charge in [-0.05, 0) is 6.92 Å². The number of hydrazone groups is 1. The fourth-order valence-electron chi connectivity index (χ4n) is 1.51. The molecule has 1 amide bonds. The van der Waals surface area contributed by atoms with Crippen molar-refractivity contribution >= 4 is 17.6 Å². The summed E-state index contributed by atoms with van der Waals surface area (Å²) in [7, 11) is 0.679. The number of hydrogen-bond donors (Lipinski definition) is 2. The molecule has 96 valence electrons. The van der Waals surface area contributed by atoms with Crippen LogP contribution in [-0.4, -0.2) is 41.6 Å². The van der Waals surface area contributed by atoms with E-state index in [2.05, 4.69) is 9.84 Å². The highest BCUT2D eigenvalue weighted by atomic mass is 19.4. The van der Waals surface area contributed by atoms with E-state index in [1.807, 2.05) is 0 Å². The highest BCUT2D eigenvalue weighted by Gasteiger charge is 2.68. The fraction of sp³-hybridized carbons (Fsp3) is 0.625. The summed E-state index contributed by atoms with van der Waals surface area (Å²) >= 11 is 0. The first kappa shape index (κ1) is 13.4. The molecule has 9 heteroatoms. The van der Waals surface area contributed by atoms with Gasteiger partial charge >= 0.3 is 12.1 Å². The molecule has 17 heavy (non-hydrogen) atoms. The van der Waals surface area contributed by atoms with Gasteiger partial charge in [-0.1, -0.05) is 0 Å². The molecule has 0 spiro atoms. The Hall–Kier alpha value is -1.64. The molecule has 2 atom stereocenters. The maximum atomic E-state index is 12.8. The van der Waals surface area contributed by atoms with Crippen molar-refractivity contribution in [3.63, 3.8) is 0 Å². The van der Waals surface area contributed by atoms with Crippen molar-refractivity contribution in [1.29, 1.82) is 0 Å². The van der Waals surface area contributed by atoms with Gasteiger partial charge in [-0.3, -0.25) is 4.79 Å². The molecule has 0 aromatic heterocycles. The molecule has 0 bridgehead atoms. The lowest BCUT2D eigenvalue weighted by atomic mass is 9.83. The molecule has 0 aliphatic carbocycles. The van der Waals surface area contributed by atoms with Crippen LogP contribution in [0, 0.1) is 5.92 Å². The number of rotatable bonds is 2. The van der Waals surface area contributed by atoms with Crippen molar-refractivity contribution in [2.24, 2.45) is 11.0 Å². The van der Waals surface area contributed by atoms with Gasteiger partial charge in [-0.25, -0.2) is 10.2 Å². The smallest absolute Gasteiger partial charge is 0.429 e. The van der Waals surface area contributed by atoms with Crippen molar-refractivity contribution in [3.8, 4) is 0 Å². The molecule has 1 aliphatic heterocycles. The van der Waals surface area contributed by atoms with Crippen LogP contribution in [0.2, 0.25) is 0 Å². The second-order valence-electron chi connectivity index (χ2n) is 3.42. The number of hydrogen-bond acceptors (Lipinski definition) is 5. The SMILES string of the molecule is COC(=O)[C@](O)([C@@H]1C(=O)NN=C1C)C(F)(F)F. The molecular weight excluding hydrogens is 245 g/mol. The number of nitrogens with zero attached hydrogens (tertiary/aromatic N) is 1. The maximum absolute atomic E-state index is 12.8. The van der Waals surface area contributed by atoms with E-state index in [1.165, 1.54) is 0 Å². The molecule has 0 saturated heterocycles. The summed E-state index contributed by atoms with van der Waals surface area (Å²) in [6.45, 7) is 1.09. The summed E-state index contributed by atoms with van der Waals surface area (Å²) in [4.78, 5) is 22.3. The fourth-order valence-corrected chi connectivity index (χ4v) is 1.51. The van der Waals surface area contributed by atoms with Gasteiger partial charge in [-0.15, -0.1) is 0 Å². The quantitative estimate of drug-likeness (QED) is 0.655. The van der Waals surface area contributed by atoms with Gasteiger partial charge in [0.15, 0.2) is 0 Å². The Morgan fingerprint density at radius 3 is 2.35 bits per heavy atom. The normalized spacial score (nSPS) is 23.8. The van der Waals surface area contributed by atoms with Crippen molar-refractivity contribution in [2.45, 2.75) is 18.7 Å². The number of carbonyl (C=O) groups excluding carboxylic acids is 2. The first-order valence-electron chi connectivity index (χ1n) is 4.37. The Morgan fingerprint density at radius 1 is 1.53 bits per heavy atom. The molecule has 0 aromatic rings. The van der Waals surface area contributed by atoms with Crippen LogP contribution in [0.4, 0.5) is 13.2 Å². The lowest BCUT2D eigenvalue weighted by Gasteiger charge is -2.31. The summed E-state index contributed by atoms with van der Waals surface area (Å²) in [6, 6.07) is 0. The number of methoxy groups -OCH3 is 1. The Morgan fingerprint density at radius 2 is 2.06 bits per heavy atom. The molecule has 0 aromatic carbocycles. The lowest BCUT2D eigenvalue weighted by molar-refractivity contribution is -0.268. The number of halogens is 3. The molecule has 6 nitrogen and oxygen atoms in total. The minimum absolute atomic E-state index is 0.347. The number of esters is 1. The Kier molecular flexibility index (Phi) is 3.15. The molecular formula is C8H9F3N2O4. The predicted molar refractivity (Wildman–Crippen MR) is 47.8 cm³/mol. The van der Waals surface area contributed by atoms with Gasteiger partial charge in [-0.2, -0.15) is 18.3 Å². The maximum Gasteiger partial charge on any atom is 0.429 e. The summed E-state index contributed by atoms with van der Waals surface area (Å²) in [6.07, 6.45) is -5.36. The zero-order chi connectivity index (χ0) is 13.4. The van der Waals surface area contributed by atoms with Gasteiger partial charge in [0.25, 0.3) is 11.5 Å². The minimum atomic E-state index is -5.36. The van der Waals surface area contributed by atoms with E-state index in [0.29, 0.717) is 7.11 Å². The second-order valence-corrected chi connectivity index (χ2v) is 3.42. The average Bonchev–Trinajstić information content (AvgIpc) is 2.55.